The standard InChI is InChI=1S/C51H31N5S/c1-4-16-32(17-5-1)49-52-50(33-18-6-2-7-19-33)54-51(53-49)34-30-43(46-39-24-12-15-27-44(39)57-45(46)31-34)56-41-26-14-11-23-38(41)47-42(56)29-28-37-36-22-10-13-25-40(36)55(48(37)47)35-20-8-3-9-21-35/h1-31H. The molecule has 0 fully saturated rings. The van der Waals surface area contributed by atoms with Gasteiger partial charge in [0.1, 0.15) is 0 Å². The molecule has 0 aliphatic heterocycles. The molecule has 4 heterocycles. The first kappa shape index (κ1) is 31.9. The quantitative estimate of drug-likeness (QED) is 0.176. The Morgan fingerprint density at radius 2 is 0.895 bits per heavy atom. The van der Waals surface area contributed by atoms with E-state index < -0.39 is 0 Å². The molecule has 5 nitrogen and oxygen atoms in total. The smallest absolute Gasteiger partial charge is 0.164 e. The molecule has 0 atom stereocenters. The Hall–Kier alpha value is -7.41. The van der Waals surface area contributed by atoms with E-state index >= 15 is 0 Å². The summed E-state index contributed by atoms with van der Waals surface area (Å²) >= 11 is 1.81. The SMILES string of the molecule is c1ccc(-c2nc(-c3ccccc3)nc(-c3cc(-n4c5ccccc5c5c4ccc4c6ccccc6n(-c6ccccc6)c45)c4c(c3)sc3ccccc34)n2)cc1. The number of benzene rings is 8. The van der Waals surface area contributed by atoms with Gasteiger partial charge in [-0.15, -0.1) is 11.3 Å². The molecule has 12 aromatic rings. The van der Waals surface area contributed by atoms with Gasteiger partial charge in [0.05, 0.1) is 27.8 Å². The predicted molar refractivity (Wildman–Crippen MR) is 238 cm³/mol. The van der Waals surface area contributed by atoms with Crippen molar-refractivity contribution in [1.29, 1.82) is 0 Å². The van der Waals surface area contributed by atoms with Gasteiger partial charge in [-0.2, -0.15) is 0 Å². The van der Waals surface area contributed by atoms with Crippen LogP contribution >= 0.6 is 11.3 Å². The Kier molecular flexibility index (Phi) is 7.03. The van der Waals surface area contributed by atoms with E-state index in [1.54, 1.807) is 0 Å². The van der Waals surface area contributed by atoms with Crippen LogP contribution in [-0.4, -0.2) is 24.1 Å². The van der Waals surface area contributed by atoms with Crippen molar-refractivity contribution in [2.24, 2.45) is 0 Å². The molecule has 0 saturated heterocycles. The van der Waals surface area contributed by atoms with Gasteiger partial charge < -0.3 is 9.13 Å². The van der Waals surface area contributed by atoms with Crippen molar-refractivity contribution < 1.29 is 0 Å². The highest BCUT2D eigenvalue weighted by Gasteiger charge is 2.24. The van der Waals surface area contributed by atoms with Crippen LogP contribution in [0.15, 0.2) is 188 Å². The van der Waals surface area contributed by atoms with E-state index in [2.05, 4.69) is 161 Å². The van der Waals surface area contributed by atoms with E-state index in [1.807, 2.05) is 47.7 Å². The molecule has 8 aromatic carbocycles. The molecule has 0 amide bonds. The minimum absolute atomic E-state index is 0.635. The fraction of sp³-hybridized carbons (Fsp3) is 0. The minimum atomic E-state index is 0.635. The van der Waals surface area contributed by atoms with Crippen LogP contribution in [0.2, 0.25) is 0 Å². The predicted octanol–water partition coefficient (Wildman–Crippen LogP) is 13.4. The third-order valence-corrected chi connectivity index (χ3v) is 12.3. The second kappa shape index (κ2) is 12.6. The van der Waals surface area contributed by atoms with Crippen molar-refractivity contribution in [2.45, 2.75) is 0 Å². The molecule has 0 N–H and O–H groups in total. The molecular weight excluding hydrogens is 715 g/mol. The van der Waals surface area contributed by atoms with Crippen LogP contribution in [0, 0.1) is 0 Å². The highest BCUT2D eigenvalue weighted by Crippen LogP contribution is 2.46. The number of hydrogen-bond donors (Lipinski definition) is 0. The van der Waals surface area contributed by atoms with E-state index in [9.17, 15) is 0 Å². The topological polar surface area (TPSA) is 48.5 Å². The summed E-state index contributed by atoms with van der Waals surface area (Å²) in [6.45, 7) is 0. The Labute approximate surface area is 331 Å². The van der Waals surface area contributed by atoms with Crippen LogP contribution in [0.5, 0.6) is 0 Å². The molecule has 4 aromatic heterocycles. The van der Waals surface area contributed by atoms with E-state index in [4.69, 9.17) is 15.0 Å². The monoisotopic (exact) mass is 745 g/mol. The molecular formula is C51H31N5S. The Morgan fingerprint density at radius 1 is 0.351 bits per heavy atom. The zero-order valence-electron chi connectivity index (χ0n) is 30.5. The van der Waals surface area contributed by atoms with Gasteiger partial charge in [0, 0.05) is 64.1 Å². The lowest BCUT2D eigenvalue weighted by Gasteiger charge is -2.14. The average Bonchev–Trinajstić information content (AvgIpc) is 3.94. The fourth-order valence-electron chi connectivity index (χ4n) is 8.69. The number of para-hydroxylation sites is 3. The second-order valence-corrected chi connectivity index (χ2v) is 15.5. The summed E-state index contributed by atoms with van der Waals surface area (Å²) in [7, 11) is 0. The van der Waals surface area contributed by atoms with Gasteiger partial charge in [0.2, 0.25) is 0 Å². The van der Waals surface area contributed by atoms with Gasteiger partial charge in [-0.1, -0.05) is 140 Å². The highest BCUT2D eigenvalue weighted by molar-refractivity contribution is 7.26. The number of hydrogen-bond acceptors (Lipinski definition) is 4. The van der Waals surface area contributed by atoms with Gasteiger partial charge >= 0.3 is 0 Å². The molecule has 0 bridgehead atoms. The van der Waals surface area contributed by atoms with Crippen molar-refractivity contribution in [3.8, 4) is 45.5 Å². The van der Waals surface area contributed by atoms with Gasteiger partial charge in [0.25, 0.3) is 0 Å². The van der Waals surface area contributed by atoms with E-state index in [1.165, 1.54) is 52.8 Å². The highest BCUT2D eigenvalue weighted by atomic mass is 32.1. The molecule has 57 heavy (non-hydrogen) atoms. The van der Waals surface area contributed by atoms with Crippen molar-refractivity contribution in [2.75, 3.05) is 0 Å². The van der Waals surface area contributed by atoms with E-state index in [0.29, 0.717) is 17.5 Å². The Balaban J connectivity index is 1.21. The summed E-state index contributed by atoms with van der Waals surface area (Å²) in [5, 5.41) is 7.34. The number of rotatable bonds is 5. The molecule has 0 aliphatic carbocycles. The largest absolute Gasteiger partial charge is 0.309 e. The third-order valence-electron chi connectivity index (χ3n) is 11.1. The summed E-state index contributed by atoms with van der Waals surface area (Å²) in [5.74, 6) is 1.92. The normalized spacial score (nSPS) is 11.9. The second-order valence-electron chi connectivity index (χ2n) is 14.4. The lowest BCUT2D eigenvalue weighted by molar-refractivity contribution is 1.07. The zero-order chi connectivity index (χ0) is 37.5. The number of fused-ring (bicyclic) bond motifs is 10. The summed E-state index contributed by atoms with van der Waals surface area (Å²) in [6.07, 6.45) is 0. The Morgan fingerprint density at radius 3 is 1.58 bits per heavy atom. The molecule has 266 valence electrons. The zero-order valence-corrected chi connectivity index (χ0v) is 31.4. The lowest BCUT2D eigenvalue weighted by Crippen LogP contribution is -2.01. The van der Waals surface area contributed by atoms with Crippen LogP contribution in [0.3, 0.4) is 0 Å². The fourth-order valence-corrected chi connectivity index (χ4v) is 9.86. The summed E-state index contributed by atoms with van der Waals surface area (Å²) in [4.78, 5) is 15.4. The lowest BCUT2D eigenvalue weighted by atomic mass is 10.1. The molecule has 0 saturated carbocycles. The van der Waals surface area contributed by atoms with Crippen LogP contribution in [0.1, 0.15) is 0 Å². The average molecular weight is 746 g/mol. The van der Waals surface area contributed by atoms with Gasteiger partial charge in [-0.05, 0) is 48.5 Å². The molecule has 0 unspecified atom stereocenters. The molecule has 0 spiro atoms. The van der Waals surface area contributed by atoms with Gasteiger partial charge in [0.15, 0.2) is 17.5 Å². The first-order valence-corrected chi connectivity index (χ1v) is 19.9. The first-order chi connectivity index (χ1) is 28.3. The summed E-state index contributed by atoms with van der Waals surface area (Å²) in [5.41, 5.74) is 9.74. The number of nitrogens with zero attached hydrogens (tertiary/aromatic N) is 5. The first-order valence-electron chi connectivity index (χ1n) is 19.1. The van der Waals surface area contributed by atoms with Crippen molar-refractivity contribution in [3.05, 3.63) is 188 Å². The van der Waals surface area contributed by atoms with E-state index in [-0.39, 0.29) is 0 Å². The molecule has 0 aliphatic rings. The maximum absolute atomic E-state index is 5.19. The van der Waals surface area contributed by atoms with E-state index in [0.717, 1.165) is 39.1 Å². The van der Waals surface area contributed by atoms with Crippen LogP contribution in [-0.2, 0) is 0 Å². The maximum atomic E-state index is 5.19. The van der Waals surface area contributed by atoms with Crippen LogP contribution in [0.25, 0.3) is 109 Å². The minimum Gasteiger partial charge on any atom is -0.309 e. The molecule has 6 heteroatoms. The molecule has 0 radical (unpaired) electrons. The third kappa shape index (κ3) is 4.91. The summed E-state index contributed by atoms with van der Waals surface area (Å²) in [6, 6.07) is 66.6. The van der Waals surface area contributed by atoms with Crippen molar-refractivity contribution >= 4 is 75.1 Å². The van der Waals surface area contributed by atoms with Crippen molar-refractivity contribution in [1.82, 2.24) is 24.1 Å². The molecule has 12 rings (SSSR count). The van der Waals surface area contributed by atoms with Gasteiger partial charge in [-0.25, -0.2) is 15.0 Å². The number of aromatic nitrogens is 5. The van der Waals surface area contributed by atoms with Crippen molar-refractivity contribution in [3.63, 3.8) is 0 Å². The Bertz CT molecular complexity index is 3450. The van der Waals surface area contributed by atoms with Crippen LogP contribution < -0.4 is 0 Å². The van der Waals surface area contributed by atoms with Gasteiger partial charge in [-0.3, -0.25) is 0 Å². The van der Waals surface area contributed by atoms with Crippen LogP contribution in [0.4, 0.5) is 0 Å². The maximum Gasteiger partial charge on any atom is 0.164 e. The summed E-state index contributed by atoms with van der Waals surface area (Å²) < 4.78 is 7.33. The number of thiophene rings is 1.